The average Bonchev–Trinajstić information content (AvgIpc) is 2.98. The Balaban J connectivity index is 1.89. The van der Waals surface area contributed by atoms with Crippen LogP contribution in [0.15, 0.2) is 6.07 Å². The van der Waals surface area contributed by atoms with Crippen LogP contribution in [-0.4, -0.2) is 59.1 Å². The summed E-state index contributed by atoms with van der Waals surface area (Å²) in [5.41, 5.74) is 1.54. The van der Waals surface area contributed by atoms with Gasteiger partial charge in [0.1, 0.15) is 11.8 Å². The van der Waals surface area contributed by atoms with Gasteiger partial charge in [-0.05, 0) is 32.8 Å². The largest absolute Gasteiger partial charge is 0.377 e. The summed E-state index contributed by atoms with van der Waals surface area (Å²) in [5.74, 6) is 0.0376. The molecule has 0 N–H and O–H groups in total. The molecule has 3 atom stereocenters. The monoisotopic (exact) mass is 293 g/mol. The van der Waals surface area contributed by atoms with E-state index in [1.54, 1.807) is 11.8 Å². The van der Waals surface area contributed by atoms with Crippen LogP contribution in [0, 0.1) is 6.92 Å². The topological polar surface area (TPSA) is 56.6 Å². The Morgan fingerprint density at radius 2 is 2.33 bits per heavy atom. The Morgan fingerprint density at radius 1 is 1.52 bits per heavy atom. The molecule has 6 nitrogen and oxygen atoms in total. The predicted molar refractivity (Wildman–Crippen MR) is 77.2 cm³/mol. The number of methoxy groups -OCH3 is 1. The van der Waals surface area contributed by atoms with Gasteiger partial charge in [0, 0.05) is 20.2 Å². The number of aryl methyl sites for hydroxylation is 2. The Hall–Kier alpha value is -1.40. The van der Waals surface area contributed by atoms with Crippen LogP contribution in [0.3, 0.4) is 0 Å². The molecule has 2 fully saturated rings. The standard InChI is InChI=1S/C15H23N3O3/c1-4-18-12(9-10(2)16-18)15(19)17-7-8-21-13-6-5-11(17)14(13)20-3/h9,11,13-14H,4-8H2,1-3H3. The maximum absolute atomic E-state index is 12.9. The number of amides is 1. The Kier molecular flexibility index (Phi) is 3.99. The average molecular weight is 293 g/mol. The van der Waals surface area contributed by atoms with Crippen molar-refractivity contribution < 1.29 is 14.3 Å². The van der Waals surface area contributed by atoms with E-state index in [4.69, 9.17) is 9.47 Å². The molecular formula is C15H23N3O3. The third-order valence-electron chi connectivity index (χ3n) is 4.51. The Bertz CT molecular complexity index is 528. The normalized spacial score (nSPS) is 28.7. The number of rotatable bonds is 3. The van der Waals surface area contributed by atoms with Crippen molar-refractivity contribution in [2.75, 3.05) is 20.3 Å². The van der Waals surface area contributed by atoms with Crippen molar-refractivity contribution in [1.29, 1.82) is 0 Å². The molecule has 2 aliphatic rings. The zero-order valence-corrected chi connectivity index (χ0v) is 12.9. The fourth-order valence-electron chi connectivity index (χ4n) is 3.56. The highest BCUT2D eigenvalue weighted by molar-refractivity contribution is 5.93. The van der Waals surface area contributed by atoms with Crippen LogP contribution in [-0.2, 0) is 16.0 Å². The molecule has 2 bridgehead atoms. The van der Waals surface area contributed by atoms with E-state index >= 15 is 0 Å². The van der Waals surface area contributed by atoms with Gasteiger partial charge >= 0.3 is 0 Å². The second-order valence-corrected chi connectivity index (χ2v) is 5.74. The fraction of sp³-hybridized carbons (Fsp3) is 0.733. The second kappa shape index (κ2) is 5.77. The Labute approximate surface area is 125 Å². The zero-order chi connectivity index (χ0) is 15.0. The van der Waals surface area contributed by atoms with Gasteiger partial charge in [-0.15, -0.1) is 0 Å². The van der Waals surface area contributed by atoms with Crippen LogP contribution in [0.2, 0.25) is 0 Å². The minimum Gasteiger partial charge on any atom is -0.377 e. The van der Waals surface area contributed by atoms with E-state index in [0.29, 0.717) is 25.4 Å². The van der Waals surface area contributed by atoms with Gasteiger partial charge in [0.05, 0.1) is 24.4 Å². The molecule has 1 aromatic rings. The first-order valence-corrected chi connectivity index (χ1v) is 7.65. The molecule has 1 amide bonds. The maximum atomic E-state index is 12.9. The van der Waals surface area contributed by atoms with E-state index in [2.05, 4.69) is 5.10 Å². The number of fused-ring (bicyclic) bond motifs is 2. The van der Waals surface area contributed by atoms with Crippen molar-refractivity contribution in [2.45, 2.75) is 51.5 Å². The first-order valence-electron chi connectivity index (χ1n) is 7.65. The summed E-state index contributed by atoms with van der Waals surface area (Å²) in [6, 6.07) is 1.97. The first kappa shape index (κ1) is 14.5. The summed E-state index contributed by atoms with van der Waals surface area (Å²) in [7, 11) is 1.70. The molecule has 2 heterocycles. The minimum atomic E-state index is -0.0180. The second-order valence-electron chi connectivity index (χ2n) is 5.74. The molecule has 6 heteroatoms. The third-order valence-corrected chi connectivity index (χ3v) is 4.51. The summed E-state index contributed by atoms with van der Waals surface area (Å²) < 4.78 is 13.2. The molecular weight excluding hydrogens is 270 g/mol. The SMILES string of the molecule is CCn1nc(C)cc1C(=O)N1CCOC2CCC1C2OC. The highest BCUT2D eigenvalue weighted by Crippen LogP contribution is 2.32. The lowest BCUT2D eigenvalue weighted by Crippen LogP contribution is -2.46. The first-order chi connectivity index (χ1) is 10.2. The number of carbonyl (C=O) groups excluding carboxylic acids is 1. The number of aromatic nitrogens is 2. The van der Waals surface area contributed by atoms with E-state index in [1.165, 1.54) is 0 Å². The predicted octanol–water partition coefficient (Wildman–Crippen LogP) is 1.23. The van der Waals surface area contributed by atoms with Crippen LogP contribution < -0.4 is 0 Å². The van der Waals surface area contributed by atoms with Gasteiger partial charge in [0.15, 0.2) is 0 Å². The van der Waals surface area contributed by atoms with Crippen molar-refractivity contribution in [1.82, 2.24) is 14.7 Å². The van der Waals surface area contributed by atoms with Crippen molar-refractivity contribution >= 4 is 5.91 Å². The van der Waals surface area contributed by atoms with E-state index < -0.39 is 0 Å². The summed E-state index contributed by atoms with van der Waals surface area (Å²) in [6.07, 6.45) is 2.00. The Morgan fingerprint density at radius 3 is 3.05 bits per heavy atom. The van der Waals surface area contributed by atoms with Crippen LogP contribution >= 0.6 is 0 Å². The van der Waals surface area contributed by atoms with Gasteiger partial charge in [-0.25, -0.2) is 0 Å². The van der Waals surface area contributed by atoms with Gasteiger partial charge in [-0.1, -0.05) is 0 Å². The molecule has 3 rings (SSSR count). The number of nitrogens with zero attached hydrogens (tertiary/aromatic N) is 3. The van der Waals surface area contributed by atoms with Gasteiger partial charge < -0.3 is 14.4 Å². The molecule has 1 saturated carbocycles. The molecule has 1 aliphatic carbocycles. The summed E-state index contributed by atoms with van der Waals surface area (Å²) in [5, 5.41) is 4.38. The number of ether oxygens (including phenoxy) is 2. The van der Waals surface area contributed by atoms with Crippen molar-refractivity contribution in [3.8, 4) is 0 Å². The number of hydrogen-bond acceptors (Lipinski definition) is 4. The summed E-state index contributed by atoms with van der Waals surface area (Å²) >= 11 is 0. The number of carbonyl (C=O) groups is 1. The van der Waals surface area contributed by atoms with Gasteiger partial charge in [-0.3, -0.25) is 9.48 Å². The molecule has 3 unspecified atom stereocenters. The quantitative estimate of drug-likeness (QED) is 0.841. The minimum absolute atomic E-state index is 0.0180. The van der Waals surface area contributed by atoms with Crippen LogP contribution in [0.1, 0.15) is 35.9 Å². The summed E-state index contributed by atoms with van der Waals surface area (Å²) in [6.45, 7) is 5.80. The van der Waals surface area contributed by atoms with E-state index in [0.717, 1.165) is 18.5 Å². The highest BCUT2D eigenvalue weighted by Gasteiger charge is 2.44. The van der Waals surface area contributed by atoms with Crippen LogP contribution in [0.4, 0.5) is 0 Å². The molecule has 0 spiro atoms. The molecule has 116 valence electrons. The molecule has 1 saturated heterocycles. The lowest BCUT2D eigenvalue weighted by Gasteiger charge is -2.30. The highest BCUT2D eigenvalue weighted by atomic mass is 16.5. The van der Waals surface area contributed by atoms with E-state index in [9.17, 15) is 4.79 Å². The van der Waals surface area contributed by atoms with Crippen molar-refractivity contribution in [2.24, 2.45) is 0 Å². The molecule has 21 heavy (non-hydrogen) atoms. The fourth-order valence-corrected chi connectivity index (χ4v) is 3.56. The lowest BCUT2D eigenvalue weighted by molar-refractivity contribution is -0.0316. The molecule has 1 aliphatic heterocycles. The van der Waals surface area contributed by atoms with E-state index in [-0.39, 0.29) is 24.2 Å². The van der Waals surface area contributed by atoms with E-state index in [1.807, 2.05) is 24.8 Å². The van der Waals surface area contributed by atoms with Gasteiger partial charge in [0.25, 0.3) is 5.91 Å². The van der Waals surface area contributed by atoms with Gasteiger partial charge in [0.2, 0.25) is 0 Å². The molecule has 1 aromatic heterocycles. The maximum Gasteiger partial charge on any atom is 0.272 e. The van der Waals surface area contributed by atoms with Gasteiger partial charge in [-0.2, -0.15) is 5.10 Å². The third kappa shape index (κ3) is 2.46. The van der Waals surface area contributed by atoms with Crippen LogP contribution in [0.25, 0.3) is 0 Å². The van der Waals surface area contributed by atoms with Crippen LogP contribution in [0.5, 0.6) is 0 Å². The van der Waals surface area contributed by atoms with Crippen molar-refractivity contribution in [3.05, 3.63) is 17.5 Å². The molecule has 0 radical (unpaired) electrons. The number of hydrogen-bond donors (Lipinski definition) is 0. The summed E-state index contributed by atoms with van der Waals surface area (Å²) in [4.78, 5) is 14.9. The zero-order valence-electron chi connectivity index (χ0n) is 12.9. The molecule has 0 aromatic carbocycles. The lowest BCUT2D eigenvalue weighted by atomic mass is 10.1. The van der Waals surface area contributed by atoms with Crippen molar-refractivity contribution in [3.63, 3.8) is 0 Å². The smallest absolute Gasteiger partial charge is 0.272 e.